The monoisotopic (exact) mass is 456 g/mol. The number of hydrogen-bond acceptors (Lipinski definition) is 4. The molecule has 144 valence electrons. The molecule has 0 radical (unpaired) electrons. The molecule has 0 aromatic carbocycles. The summed E-state index contributed by atoms with van der Waals surface area (Å²) in [4.78, 5) is 6.90. The third-order valence-corrected chi connectivity index (χ3v) is 3.79. The van der Waals surface area contributed by atoms with E-state index in [1.807, 2.05) is 0 Å². The van der Waals surface area contributed by atoms with Crippen molar-refractivity contribution in [1.82, 2.24) is 15.5 Å². The Morgan fingerprint density at radius 1 is 1.17 bits per heavy atom. The molecule has 0 aromatic rings. The van der Waals surface area contributed by atoms with Crippen molar-refractivity contribution in [2.24, 2.45) is 10.9 Å². The quantitative estimate of drug-likeness (QED) is 0.181. The van der Waals surface area contributed by atoms with Gasteiger partial charge >= 0.3 is 0 Å². The van der Waals surface area contributed by atoms with E-state index in [9.17, 15) is 0 Å². The van der Waals surface area contributed by atoms with Crippen molar-refractivity contribution < 1.29 is 9.47 Å². The Balaban J connectivity index is 0.00000529. The molecule has 7 heteroatoms. The van der Waals surface area contributed by atoms with E-state index < -0.39 is 0 Å². The van der Waals surface area contributed by atoms with Crippen LogP contribution in [-0.2, 0) is 9.47 Å². The zero-order valence-corrected chi connectivity index (χ0v) is 18.0. The van der Waals surface area contributed by atoms with Crippen LogP contribution in [-0.4, -0.2) is 77.6 Å². The smallest absolute Gasteiger partial charge is 0.191 e. The van der Waals surface area contributed by atoms with Crippen LogP contribution in [0.2, 0.25) is 0 Å². The van der Waals surface area contributed by atoms with Gasteiger partial charge in [0.1, 0.15) is 0 Å². The van der Waals surface area contributed by atoms with Gasteiger partial charge in [-0.25, -0.2) is 0 Å². The average Bonchev–Trinajstić information content (AvgIpc) is 3.35. The Morgan fingerprint density at radius 2 is 1.96 bits per heavy atom. The summed E-state index contributed by atoms with van der Waals surface area (Å²) in [6.45, 7) is 9.32. The van der Waals surface area contributed by atoms with E-state index in [-0.39, 0.29) is 24.0 Å². The summed E-state index contributed by atoms with van der Waals surface area (Å²) < 4.78 is 10.7. The molecular weight excluding hydrogens is 419 g/mol. The van der Waals surface area contributed by atoms with E-state index >= 15 is 0 Å². The van der Waals surface area contributed by atoms with Crippen LogP contribution in [0.4, 0.5) is 0 Å². The van der Waals surface area contributed by atoms with Gasteiger partial charge in [0.05, 0.1) is 0 Å². The lowest BCUT2D eigenvalue weighted by Gasteiger charge is -2.18. The maximum atomic E-state index is 5.63. The molecule has 0 atom stereocenters. The van der Waals surface area contributed by atoms with Gasteiger partial charge in [0, 0.05) is 59.7 Å². The van der Waals surface area contributed by atoms with E-state index in [4.69, 9.17) is 9.47 Å². The molecule has 0 spiro atoms. The number of aliphatic imine (C=N–C) groups is 1. The number of methoxy groups -OCH3 is 1. The first kappa shape index (κ1) is 23.9. The summed E-state index contributed by atoms with van der Waals surface area (Å²) in [5.74, 6) is 1.75. The molecule has 1 fully saturated rings. The second-order valence-electron chi connectivity index (χ2n) is 6.21. The molecule has 0 amide bonds. The second kappa shape index (κ2) is 16.4. The summed E-state index contributed by atoms with van der Waals surface area (Å²) in [7, 11) is 3.89. The molecule has 1 rings (SSSR count). The maximum Gasteiger partial charge on any atom is 0.191 e. The standard InChI is InChI=1S/C17H36N4O2.HI/c1-4-18-17(19-9-5-14-23-15-16-7-8-16)20-10-12-21(2)11-6-13-22-3;/h16H,4-15H2,1-3H3,(H2,18,19,20);1H. The predicted octanol–water partition coefficient (Wildman–Crippen LogP) is 1.94. The fraction of sp³-hybridized carbons (Fsp3) is 0.941. The van der Waals surface area contributed by atoms with Crippen LogP contribution in [0.1, 0.15) is 32.6 Å². The lowest BCUT2D eigenvalue weighted by molar-refractivity contribution is 0.123. The highest BCUT2D eigenvalue weighted by atomic mass is 127. The topological polar surface area (TPSA) is 58.1 Å². The van der Waals surface area contributed by atoms with Gasteiger partial charge in [-0.1, -0.05) is 0 Å². The van der Waals surface area contributed by atoms with Crippen LogP contribution in [0, 0.1) is 5.92 Å². The molecule has 1 saturated carbocycles. The minimum atomic E-state index is 0. The minimum Gasteiger partial charge on any atom is -0.385 e. The third-order valence-electron chi connectivity index (χ3n) is 3.79. The Hall–Kier alpha value is -0.120. The summed E-state index contributed by atoms with van der Waals surface area (Å²) in [6.07, 6.45) is 4.77. The molecule has 24 heavy (non-hydrogen) atoms. The van der Waals surface area contributed by atoms with Crippen LogP contribution < -0.4 is 10.6 Å². The van der Waals surface area contributed by atoms with Crippen molar-refractivity contribution in [3.63, 3.8) is 0 Å². The molecule has 0 aromatic heterocycles. The van der Waals surface area contributed by atoms with Gasteiger partial charge in [0.2, 0.25) is 0 Å². The minimum absolute atomic E-state index is 0. The van der Waals surface area contributed by atoms with Gasteiger partial charge in [0.25, 0.3) is 0 Å². The van der Waals surface area contributed by atoms with Crippen LogP contribution in [0.3, 0.4) is 0 Å². The molecule has 1 aliphatic carbocycles. The van der Waals surface area contributed by atoms with Gasteiger partial charge < -0.3 is 25.0 Å². The lowest BCUT2D eigenvalue weighted by Crippen LogP contribution is -2.41. The molecular formula is C17H37IN4O2. The van der Waals surface area contributed by atoms with Crippen molar-refractivity contribution in [2.75, 3.05) is 66.7 Å². The zero-order valence-electron chi connectivity index (χ0n) is 15.7. The number of ether oxygens (including phenoxy) is 2. The number of likely N-dealkylation sites (N-methyl/N-ethyl adjacent to an activating group) is 1. The van der Waals surface area contributed by atoms with Crippen molar-refractivity contribution in [2.45, 2.75) is 32.6 Å². The Kier molecular flexibility index (Phi) is 16.3. The van der Waals surface area contributed by atoms with Gasteiger partial charge in [-0.3, -0.25) is 4.99 Å². The SMILES string of the molecule is CCNC(=NCCCOCC1CC1)NCCN(C)CCCOC.I. The lowest BCUT2D eigenvalue weighted by atomic mass is 10.4. The number of nitrogens with zero attached hydrogens (tertiary/aromatic N) is 2. The molecule has 1 aliphatic rings. The first-order chi connectivity index (χ1) is 11.3. The van der Waals surface area contributed by atoms with Gasteiger partial charge in [-0.2, -0.15) is 0 Å². The number of rotatable bonds is 14. The fourth-order valence-electron chi connectivity index (χ4n) is 2.19. The summed E-state index contributed by atoms with van der Waals surface area (Å²) in [5, 5.41) is 6.67. The predicted molar refractivity (Wildman–Crippen MR) is 112 cm³/mol. The highest BCUT2D eigenvalue weighted by Crippen LogP contribution is 2.28. The van der Waals surface area contributed by atoms with Crippen LogP contribution in [0.5, 0.6) is 0 Å². The average molecular weight is 456 g/mol. The van der Waals surface area contributed by atoms with Crippen LogP contribution in [0.25, 0.3) is 0 Å². The fourth-order valence-corrected chi connectivity index (χ4v) is 2.19. The number of hydrogen-bond donors (Lipinski definition) is 2. The Bertz CT molecular complexity index is 315. The normalized spacial score (nSPS) is 14.6. The number of guanidine groups is 1. The molecule has 0 aliphatic heterocycles. The molecule has 0 unspecified atom stereocenters. The second-order valence-corrected chi connectivity index (χ2v) is 6.21. The van der Waals surface area contributed by atoms with Crippen LogP contribution in [0.15, 0.2) is 4.99 Å². The first-order valence-electron chi connectivity index (χ1n) is 9.03. The highest BCUT2D eigenvalue weighted by Gasteiger charge is 2.20. The van der Waals surface area contributed by atoms with E-state index in [0.717, 1.165) is 77.3 Å². The van der Waals surface area contributed by atoms with E-state index in [1.165, 1.54) is 12.8 Å². The van der Waals surface area contributed by atoms with Crippen molar-refractivity contribution in [3.8, 4) is 0 Å². The molecule has 0 heterocycles. The molecule has 6 nitrogen and oxygen atoms in total. The Labute approximate surface area is 165 Å². The van der Waals surface area contributed by atoms with Gasteiger partial charge in [-0.15, -0.1) is 24.0 Å². The largest absolute Gasteiger partial charge is 0.385 e. The number of nitrogens with one attached hydrogen (secondary N) is 2. The summed E-state index contributed by atoms with van der Waals surface area (Å²) >= 11 is 0. The van der Waals surface area contributed by atoms with E-state index in [1.54, 1.807) is 7.11 Å². The first-order valence-corrected chi connectivity index (χ1v) is 9.03. The van der Waals surface area contributed by atoms with Crippen LogP contribution >= 0.6 is 24.0 Å². The van der Waals surface area contributed by atoms with Crippen molar-refractivity contribution in [3.05, 3.63) is 0 Å². The summed E-state index contributed by atoms with van der Waals surface area (Å²) in [6, 6.07) is 0. The van der Waals surface area contributed by atoms with Crippen molar-refractivity contribution in [1.29, 1.82) is 0 Å². The molecule has 0 saturated heterocycles. The Morgan fingerprint density at radius 3 is 2.62 bits per heavy atom. The van der Waals surface area contributed by atoms with Gasteiger partial charge in [-0.05, 0) is 45.6 Å². The highest BCUT2D eigenvalue weighted by molar-refractivity contribution is 14.0. The van der Waals surface area contributed by atoms with Gasteiger partial charge in [0.15, 0.2) is 5.96 Å². The number of halogens is 1. The van der Waals surface area contributed by atoms with E-state index in [0.29, 0.717) is 0 Å². The molecule has 0 bridgehead atoms. The van der Waals surface area contributed by atoms with Crippen molar-refractivity contribution >= 4 is 29.9 Å². The maximum absolute atomic E-state index is 5.63. The summed E-state index contributed by atoms with van der Waals surface area (Å²) in [5.41, 5.74) is 0. The molecule has 2 N–H and O–H groups in total. The van der Waals surface area contributed by atoms with E-state index in [2.05, 4.69) is 34.5 Å². The third kappa shape index (κ3) is 14.2. The zero-order chi connectivity index (χ0) is 16.8.